The summed E-state index contributed by atoms with van der Waals surface area (Å²) in [6.45, 7) is 4.44. The van der Waals surface area contributed by atoms with Crippen LogP contribution in [0, 0.1) is 6.92 Å². The van der Waals surface area contributed by atoms with Gasteiger partial charge >= 0.3 is 0 Å². The van der Waals surface area contributed by atoms with E-state index in [9.17, 15) is 4.79 Å². The Morgan fingerprint density at radius 1 is 1.27 bits per heavy atom. The average molecular weight is 302 g/mol. The van der Waals surface area contributed by atoms with Gasteiger partial charge in [0, 0.05) is 31.6 Å². The summed E-state index contributed by atoms with van der Waals surface area (Å²) in [7, 11) is 0. The maximum atomic E-state index is 12.3. The first kappa shape index (κ1) is 15.3. The van der Waals surface area contributed by atoms with Crippen molar-refractivity contribution in [3.05, 3.63) is 29.8 Å². The van der Waals surface area contributed by atoms with E-state index in [1.807, 2.05) is 36.1 Å². The molecule has 2 heterocycles. The minimum absolute atomic E-state index is 0.280. The topological polar surface area (TPSA) is 41.6 Å². The molecule has 1 amide bonds. The second-order valence-corrected chi connectivity index (χ2v) is 6.48. The first-order chi connectivity index (χ1) is 10.7. The Balaban J connectivity index is 1.40. The molecular weight excluding hydrogens is 276 g/mol. The van der Waals surface area contributed by atoms with E-state index in [4.69, 9.17) is 4.74 Å². The minimum atomic E-state index is 0.280. The number of fused-ring (bicyclic) bond motifs is 2. The standard InChI is InChI=1S/C18H26N2O2/c1-14-5-2-3-6-17(14)22-12-4-7-18(21)20-11-10-15-8-9-16(13-20)19-15/h2-3,5-6,15-16,19H,4,7-13H2,1H3. The summed E-state index contributed by atoms with van der Waals surface area (Å²) in [4.78, 5) is 14.4. The Bertz CT molecular complexity index is 518. The van der Waals surface area contributed by atoms with Gasteiger partial charge in [-0.05, 0) is 44.2 Å². The largest absolute Gasteiger partial charge is 0.493 e. The predicted molar refractivity (Wildman–Crippen MR) is 87.1 cm³/mol. The molecule has 0 aliphatic carbocycles. The van der Waals surface area contributed by atoms with Crippen LogP contribution in [-0.4, -0.2) is 42.6 Å². The van der Waals surface area contributed by atoms with Crippen LogP contribution in [0.1, 0.15) is 37.7 Å². The molecule has 2 bridgehead atoms. The van der Waals surface area contributed by atoms with Crippen LogP contribution in [0.15, 0.2) is 24.3 Å². The lowest BCUT2D eigenvalue weighted by Gasteiger charge is -2.24. The number of benzene rings is 1. The molecule has 1 aromatic carbocycles. The van der Waals surface area contributed by atoms with E-state index in [1.165, 1.54) is 12.8 Å². The van der Waals surface area contributed by atoms with E-state index in [1.54, 1.807) is 0 Å². The summed E-state index contributed by atoms with van der Waals surface area (Å²) in [6, 6.07) is 9.15. The van der Waals surface area contributed by atoms with E-state index < -0.39 is 0 Å². The number of carbonyl (C=O) groups is 1. The van der Waals surface area contributed by atoms with Gasteiger partial charge in [0.05, 0.1) is 6.61 Å². The molecule has 4 heteroatoms. The average Bonchev–Trinajstić information content (AvgIpc) is 2.84. The van der Waals surface area contributed by atoms with E-state index in [0.717, 1.165) is 37.2 Å². The van der Waals surface area contributed by atoms with Crippen LogP contribution < -0.4 is 10.1 Å². The molecule has 22 heavy (non-hydrogen) atoms. The third-order valence-electron chi connectivity index (χ3n) is 4.76. The number of ether oxygens (including phenoxy) is 1. The van der Waals surface area contributed by atoms with Crippen LogP contribution in [-0.2, 0) is 4.79 Å². The normalized spacial score (nSPS) is 24.1. The second-order valence-electron chi connectivity index (χ2n) is 6.48. The highest BCUT2D eigenvalue weighted by atomic mass is 16.5. The summed E-state index contributed by atoms with van der Waals surface area (Å²) in [5, 5.41) is 3.61. The molecule has 2 aliphatic heterocycles. The number of hydrogen-bond acceptors (Lipinski definition) is 3. The number of carbonyl (C=O) groups excluding carboxylic acids is 1. The van der Waals surface area contributed by atoms with Crippen molar-refractivity contribution in [2.75, 3.05) is 19.7 Å². The lowest BCUT2D eigenvalue weighted by molar-refractivity contribution is -0.131. The lowest BCUT2D eigenvalue weighted by atomic mass is 10.1. The minimum Gasteiger partial charge on any atom is -0.493 e. The first-order valence-corrected chi connectivity index (χ1v) is 8.44. The number of likely N-dealkylation sites (tertiary alicyclic amines) is 1. The van der Waals surface area contributed by atoms with Gasteiger partial charge in [0.1, 0.15) is 5.75 Å². The Morgan fingerprint density at radius 3 is 2.95 bits per heavy atom. The number of amides is 1. The molecule has 120 valence electrons. The molecule has 0 spiro atoms. The van der Waals surface area contributed by atoms with Crippen molar-refractivity contribution in [1.82, 2.24) is 10.2 Å². The third-order valence-corrected chi connectivity index (χ3v) is 4.76. The molecule has 1 aromatic rings. The van der Waals surface area contributed by atoms with Gasteiger partial charge in [-0.15, -0.1) is 0 Å². The molecule has 3 rings (SSSR count). The van der Waals surface area contributed by atoms with Crippen LogP contribution in [0.25, 0.3) is 0 Å². The van der Waals surface area contributed by atoms with Crippen LogP contribution in [0.3, 0.4) is 0 Å². The van der Waals surface area contributed by atoms with Gasteiger partial charge in [0.15, 0.2) is 0 Å². The number of para-hydroxylation sites is 1. The molecule has 2 aliphatic rings. The summed E-state index contributed by atoms with van der Waals surface area (Å²) < 4.78 is 5.77. The van der Waals surface area contributed by atoms with Crippen molar-refractivity contribution >= 4 is 5.91 Å². The molecule has 2 saturated heterocycles. The van der Waals surface area contributed by atoms with Crippen molar-refractivity contribution in [3.8, 4) is 5.75 Å². The number of hydrogen-bond donors (Lipinski definition) is 1. The number of nitrogens with one attached hydrogen (secondary N) is 1. The predicted octanol–water partition coefficient (Wildman–Crippen LogP) is 2.51. The Labute approximate surface area is 132 Å². The maximum Gasteiger partial charge on any atom is 0.222 e. The van der Waals surface area contributed by atoms with Gasteiger partial charge < -0.3 is 15.0 Å². The zero-order valence-corrected chi connectivity index (χ0v) is 13.4. The highest BCUT2D eigenvalue weighted by Crippen LogP contribution is 2.21. The molecule has 4 nitrogen and oxygen atoms in total. The molecule has 2 atom stereocenters. The van der Waals surface area contributed by atoms with Gasteiger partial charge in [-0.1, -0.05) is 18.2 Å². The van der Waals surface area contributed by atoms with Crippen LogP contribution in [0.5, 0.6) is 5.75 Å². The van der Waals surface area contributed by atoms with Crippen molar-refractivity contribution in [2.24, 2.45) is 0 Å². The van der Waals surface area contributed by atoms with Crippen molar-refractivity contribution < 1.29 is 9.53 Å². The fourth-order valence-electron chi connectivity index (χ4n) is 3.45. The van der Waals surface area contributed by atoms with Gasteiger partial charge in [-0.25, -0.2) is 0 Å². The van der Waals surface area contributed by atoms with E-state index >= 15 is 0 Å². The SMILES string of the molecule is Cc1ccccc1OCCCC(=O)N1CCC2CCC(C1)N2. The molecule has 0 aromatic heterocycles. The first-order valence-electron chi connectivity index (χ1n) is 8.44. The van der Waals surface area contributed by atoms with Crippen molar-refractivity contribution in [1.29, 1.82) is 0 Å². The van der Waals surface area contributed by atoms with Crippen molar-refractivity contribution in [2.45, 2.75) is 51.1 Å². The maximum absolute atomic E-state index is 12.3. The van der Waals surface area contributed by atoms with E-state index in [-0.39, 0.29) is 5.91 Å². The van der Waals surface area contributed by atoms with E-state index in [0.29, 0.717) is 25.1 Å². The van der Waals surface area contributed by atoms with Crippen molar-refractivity contribution in [3.63, 3.8) is 0 Å². The summed E-state index contributed by atoms with van der Waals surface area (Å²) >= 11 is 0. The van der Waals surface area contributed by atoms with Crippen LogP contribution in [0.4, 0.5) is 0 Å². The molecule has 2 unspecified atom stereocenters. The Kier molecular flexibility index (Phi) is 4.98. The molecular formula is C18H26N2O2. The van der Waals surface area contributed by atoms with Crippen LogP contribution >= 0.6 is 0 Å². The number of nitrogens with zero attached hydrogens (tertiary/aromatic N) is 1. The second kappa shape index (κ2) is 7.14. The van der Waals surface area contributed by atoms with Gasteiger partial charge in [0.2, 0.25) is 5.91 Å². The zero-order chi connectivity index (χ0) is 15.4. The quantitative estimate of drug-likeness (QED) is 0.850. The Hall–Kier alpha value is -1.55. The summed E-state index contributed by atoms with van der Waals surface area (Å²) in [5.41, 5.74) is 1.14. The van der Waals surface area contributed by atoms with Gasteiger partial charge in [-0.3, -0.25) is 4.79 Å². The highest BCUT2D eigenvalue weighted by molar-refractivity contribution is 5.76. The van der Waals surface area contributed by atoms with Crippen LogP contribution in [0.2, 0.25) is 0 Å². The number of aryl methyl sites for hydroxylation is 1. The summed E-state index contributed by atoms with van der Waals surface area (Å²) in [5.74, 6) is 1.20. The Morgan fingerprint density at radius 2 is 2.09 bits per heavy atom. The molecule has 0 saturated carbocycles. The highest BCUT2D eigenvalue weighted by Gasteiger charge is 2.30. The molecule has 1 N–H and O–H groups in total. The monoisotopic (exact) mass is 302 g/mol. The molecule has 0 radical (unpaired) electrons. The fourth-order valence-corrected chi connectivity index (χ4v) is 3.45. The van der Waals surface area contributed by atoms with Gasteiger partial charge in [0.25, 0.3) is 0 Å². The lowest BCUT2D eigenvalue weighted by Crippen LogP contribution is -2.39. The third kappa shape index (κ3) is 3.80. The fraction of sp³-hybridized carbons (Fsp3) is 0.611. The number of rotatable bonds is 5. The summed E-state index contributed by atoms with van der Waals surface area (Å²) in [6.07, 6.45) is 4.96. The van der Waals surface area contributed by atoms with E-state index in [2.05, 4.69) is 5.32 Å². The smallest absolute Gasteiger partial charge is 0.222 e. The zero-order valence-electron chi connectivity index (χ0n) is 13.4. The van der Waals surface area contributed by atoms with Gasteiger partial charge in [-0.2, -0.15) is 0 Å². The molecule has 2 fully saturated rings.